The number of carbonyl (C=O) groups excluding carboxylic acids is 5. The Hall–Kier alpha value is -4.67. The van der Waals surface area contributed by atoms with E-state index in [1.807, 2.05) is 62.4 Å². The van der Waals surface area contributed by atoms with E-state index in [9.17, 15) is 24.0 Å². The molecule has 2 unspecified atom stereocenters. The Bertz CT molecular complexity index is 1310. The van der Waals surface area contributed by atoms with E-state index in [1.165, 1.54) is 13.2 Å². The maximum atomic E-state index is 13.9. The summed E-state index contributed by atoms with van der Waals surface area (Å²) in [4.78, 5) is 63.9. The van der Waals surface area contributed by atoms with Gasteiger partial charge in [-0.1, -0.05) is 68.5 Å². The molecule has 11 heteroatoms. The van der Waals surface area contributed by atoms with Crippen LogP contribution in [0.2, 0.25) is 0 Å². The normalized spacial score (nSPS) is 13.4. The molecular weight excluding hydrogens is 556 g/mol. The molecule has 1 aliphatic carbocycles. The molecule has 11 nitrogen and oxygen atoms in total. The predicted molar refractivity (Wildman–Crippen MR) is 157 cm³/mol. The SMILES string of the molecule is COC(=O)C=CCC(C(=O)OC)N(COC(C)=O)C(=O)C(CC(C)C)NC(=O)OCC1c2ccccc2-c2ccccc21. The topological polar surface area (TPSA) is 138 Å². The maximum absolute atomic E-state index is 13.9. The Kier molecular flexibility index (Phi) is 11.9. The van der Waals surface area contributed by atoms with Crippen LogP contribution >= 0.6 is 0 Å². The molecule has 0 fully saturated rings. The first kappa shape index (κ1) is 32.8. The van der Waals surface area contributed by atoms with Gasteiger partial charge in [-0.2, -0.15) is 0 Å². The second kappa shape index (κ2) is 15.5. The number of ether oxygens (including phenoxy) is 4. The smallest absolute Gasteiger partial charge is 0.407 e. The van der Waals surface area contributed by atoms with Crippen molar-refractivity contribution in [1.82, 2.24) is 10.2 Å². The Labute approximate surface area is 251 Å². The Morgan fingerprint density at radius 2 is 1.51 bits per heavy atom. The highest BCUT2D eigenvalue weighted by Gasteiger charge is 2.36. The van der Waals surface area contributed by atoms with E-state index < -0.39 is 48.7 Å². The molecule has 0 aromatic heterocycles. The fraction of sp³-hybridized carbons (Fsp3) is 0.406. The van der Waals surface area contributed by atoms with Gasteiger partial charge < -0.3 is 24.3 Å². The van der Waals surface area contributed by atoms with Crippen LogP contribution in [0.5, 0.6) is 0 Å². The first-order valence-corrected chi connectivity index (χ1v) is 13.9. The quantitative estimate of drug-likeness (QED) is 0.158. The van der Waals surface area contributed by atoms with Gasteiger partial charge in [0.25, 0.3) is 0 Å². The molecule has 0 heterocycles. The summed E-state index contributed by atoms with van der Waals surface area (Å²) in [5, 5.41) is 2.65. The van der Waals surface area contributed by atoms with E-state index in [-0.39, 0.29) is 31.3 Å². The molecule has 3 rings (SSSR count). The first-order valence-electron chi connectivity index (χ1n) is 13.9. The van der Waals surface area contributed by atoms with Gasteiger partial charge in [0, 0.05) is 18.9 Å². The van der Waals surface area contributed by atoms with E-state index in [0.29, 0.717) is 0 Å². The van der Waals surface area contributed by atoms with Crippen molar-refractivity contribution < 1.29 is 42.9 Å². The van der Waals surface area contributed by atoms with Crippen molar-refractivity contribution in [2.75, 3.05) is 27.6 Å². The molecule has 2 aromatic carbocycles. The number of fused-ring (bicyclic) bond motifs is 3. The summed E-state index contributed by atoms with van der Waals surface area (Å²) < 4.78 is 20.2. The third-order valence-electron chi connectivity index (χ3n) is 6.99. The molecule has 2 atom stereocenters. The summed E-state index contributed by atoms with van der Waals surface area (Å²) >= 11 is 0. The zero-order valence-electron chi connectivity index (χ0n) is 25.0. The molecule has 2 amide bonds. The summed E-state index contributed by atoms with van der Waals surface area (Å²) in [5.74, 6) is -3.06. The lowest BCUT2D eigenvalue weighted by Crippen LogP contribution is -2.55. The third-order valence-corrected chi connectivity index (χ3v) is 6.99. The van der Waals surface area contributed by atoms with Gasteiger partial charge in [-0.3, -0.25) is 14.5 Å². The van der Waals surface area contributed by atoms with Gasteiger partial charge in [-0.05, 0) is 41.0 Å². The van der Waals surface area contributed by atoms with E-state index in [4.69, 9.17) is 14.2 Å². The number of alkyl carbamates (subject to hydrolysis) is 1. The lowest BCUT2D eigenvalue weighted by Gasteiger charge is -2.32. The van der Waals surface area contributed by atoms with Crippen LogP contribution in [0, 0.1) is 5.92 Å². The Morgan fingerprint density at radius 3 is 2.05 bits per heavy atom. The van der Waals surface area contributed by atoms with E-state index in [0.717, 1.165) is 47.3 Å². The number of nitrogens with zero attached hydrogens (tertiary/aromatic N) is 1. The molecule has 0 radical (unpaired) electrons. The molecule has 0 spiro atoms. The lowest BCUT2D eigenvalue weighted by atomic mass is 9.98. The number of rotatable bonds is 13. The zero-order valence-corrected chi connectivity index (χ0v) is 25.0. The molecular formula is C32H38N2O9. The number of amides is 2. The van der Waals surface area contributed by atoms with Gasteiger partial charge in [0.15, 0.2) is 6.73 Å². The maximum Gasteiger partial charge on any atom is 0.407 e. The van der Waals surface area contributed by atoms with Crippen LogP contribution in [-0.4, -0.2) is 74.4 Å². The fourth-order valence-electron chi connectivity index (χ4n) is 4.99. The number of benzene rings is 2. The van der Waals surface area contributed by atoms with Gasteiger partial charge in [0.05, 0.1) is 14.2 Å². The second-order valence-electron chi connectivity index (χ2n) is 10.4. The summed E-state index contributed by atoms with van der Waals surface area (Å²) in [7, 11) is 2.35. The van der Waals surface area contributed by atoms with Crippen molar-refractivity contribution >= 4 is 29.9 Å². The van der Waals surface area contributed by atoms with Crippen LogP contribution in [-0.2, 0) is 38.1 Å². The van der Waals surface area contributed by atoms with Gasteiger partial charge in [-0.25, -0.2) is 14.4 Å². The molecule has 0 bridgehead atoms. The number of hydrogen-bond acceptors (Lipinski definition) is 9. The van der Waals surface area contributed by atoms with Crippen molar-refractivity contribution in [1.29, 1.82) is 0 Å². The summed E-state index contributed by atoms with van der Waals surface area (Å²) in [5.41, 5.74) is 4.24. The van der Waals surface area contributed by atoms with Crippen molar-refractivity contribution in [3.8, 4) is 11.1 Å². The fourth-order valence-corrected chi connectivity index (χ4v) is 4.99. The minimum Gasteiger partial charge on any atom is -0.467 e. The second-order valence-corrected chi connectivity index (χ2v) is 10.4. The summed E-state index contributed by atoms with van der Waals surface area (Å²) in [6, 6.07) is 13.5. The molecule has 2 aromatic rings. The highest BCUT2D eigenvalue weighted by molar-refractivity contribution is 5.90. The van der Waals surface area contributed by atoms with Crippen LogP contribution in [0.15, 0.2) is 60.7 Å². The molecule has 1 aliphatic rings. The minimum absolute atomic E-state index is 0.0444. The summed E-state index contributed by atoms with van der Waals surface area (Å²) in [6.07, 6.45) is 1.69. The monoisotopic (exact) mass is 594 g/mol. The first-order chi connectivity index (χ1) is 20.6. The van der Waals surface area contributed by atoms with Crippen molar-refractivity contribution in [2.45, 2.75) is 51.6 Å². The number of esters is 3. The molecule has 43 heavy (non-hydrogen) atoms. The van der Waals surface area contributed by atoms with Crippen molar-refractivity contribution in [3.05, 3.63) is 71.8 Å². The zero-order chi connectivity index (χ0) is 31.5. The number of hydrogen-bond donors (Lipinski definition) is 1. The highest BCUT2D eigenvalue weighted by Crippen LogP contribution is 2.44. The van der Waals surface area contributed by atoms with Gasteiger partial charge in [0.1, 0.15) is 18.7 Å². The van der Waals surface area contributed by atoms with Gasteiger partial charge >= 0.3 is 24.0 Å². The van der Waals surface area contributed by atoms with E-state index in [2.05, 4.69) is 10.1 Å². The molecule has 230 valence electrons. The van der Waals surface area contributed by atoms with Gasteiger partial charge in [-0.15, -0.1) is 0 Å². The van der Waals surface area contributed by atoms with Crippen LogP contribution in [0.3, 0.4) is 0 Å². The Morgan fingerprint density at radius 1 is 0.907 bits per heavy atom. The third kappa shape index (κ3) is 8.67. The van der Waals surface area contributed by atoms with Crippen LogP contribution in [0.25, 0.3) is 11.1 Å². The lowest BCUT2D eigenvalue weighted by molar-refractivity contribution is -0.164. The predicted octanol–water partition coefficient (Wildman–Crippen LogP) is 3.95. The number of carbonyl (C=O) groups is 5. The van der Waals surface area contributed by atoms with Crippen LogP contribution < -0.4 is 5.32 Å². The van der Waals surface area contributed by atoms with Crippen LogP contribution in [0.1, 0.15) is 50.7 Å². The number of nitrogens with one attached hydrogen (secondary N) is 1. The molecule has 0 aliphatic heterocycles. The molecule has 0 saturated carbocycles. The van der Waals surface area contributed by atoms with Crippen molar-refractivity contribution in [2.24, 2.45) is 5.92 Å². The van der Waals surface area contributed by atoms with Crippen molar-refractivity contribution in [3.63, 3.8) is 0 Å². The molecule has 1 N–H and O–H groups in total. The Balaban J connectivity index is 1.81. The van der Waals surface area contributed by atoms with Crippen LogP contribution in [0.4, 0.5) is 4.79 Å². The molecule has 0 saturated heterocycles. The van der Waals surface area contributed by atoms with Gasteiger partial charge in [0.2, 0.25) is 5.91 Å². The largest absolute Gasteiger partial charge is 0.467 e. The standard InChI is InChI=1S/C32H38N2O9/c1-20(2)17-27(30(37)34(19-43-21(3)35)28(31(38)41-5)15-10-16-29(36)40-4)33-32(39)42-18-26-24-13-8-6-11-22(24)23-12-7-9-14-25(23)26/h6-14,16,20,26-28H,15,17-19H2,1-5H3,(H,33,39). The van der Waals surface area contributed by atoms with E-state index in [1.54, 1.807) is 0 Å². The number of methoxy groups -OCH3 is 2. The average molecular weight is 595 g/mol. The van der Waals surface area contributed by atoms with E-state index >= 15 is 0 Å². The minimum atomic E-state index is -1.27. The summed E-state index contributed by atoms with van der Waals surface area (Å²) in [6.45, 7) is 4.36. The average Bonchev–Trinajstić information content (AvgIpc) is 3.31. The highest BCUT2D eigenvalue weighted by atomic mass is 16.6.